The van der Waals surface area contributed by atoms with Crippen LogP contribution in [0, 0.1) is 0 Å². The molecule has 0 bridgehead atoms. The highest BCUT2D eigenvalue weighted by Crippen LogP contribution is 2.34. The molecule has 8 rings (SSSR count). The van der Waals surface area contributed by atoms with E-state index in [4.69, 9.17) is 9.68 Å². The molecule has 2 aliphatic heterocycles. The maximum atomic E-state index is 12.8. The second kappa shape index (κ2) is 19.6. The lowest BCUT2D eigenvalue weighted by Gasteiger charge is -2.19. The van der Waals surface area contributed by atoms with Crippen LogP contribution in [-0.2, 0) is 49.7 Å². The minimum absolute atomic E-state index is 0.0200. The number of rotatable bonds is 14. The van der Waals surface area contributed by atoms with E-state index in [0.29, 0.717) is 71.4 Å². The van der Waals surface area contributed by atoms with Crippen molar-refractivity contribution in [3.8, 4) is 0 Å². The van der Waals surface area contributed by atoms with Gasteiger partial charge >= 0.3 is 0 Å². The Bertz CT molecular complexity index is 2370. The van der Waals surface area contributed by atoms with E-state index in [-0.39, 0.29) is 43.9 Å². The van der Waals surface area contributed by atoms with Crippen LogP contribution in [0.1, 0.15) is 62.5 Å². The molecular weight excluding hydrogens is 877 g/mol. The number of oxime groups is 2. The average molecular weight is 919 g/mol. The van der Waals surface area contributed by atoms with Crippen molar-refractivity contribution < 1.29 is 40.3 Å². The second-order valence-corrected chi connectivity index (χ2v) is 23.2. The number of hydrogen-bond donors (Lipinski definition) is 2. The Morgan fingerprint density at radius 3 is 1.41 bits per heavy atom. The van der Waals surface area contributed by atoms with Gasteiger partial charge in [0.05, 0.1) is 20.3 Å². The Kier molecular flexibility index (Phi) is 14.3. The van der Waals surface area contributed by atoms with Gasteiger partial charge in [-0.05, 0) is 87.1 Å². The minimum atomic E-state index is -3.31. The summed E-state index contributed by atoms with van der Waals surface area (Å²) in [5.74, 6) is 2.18. The summed E-state index contributed by atoms with van der Waals surface area (Å²) in [7, 11) is -7.42. The summed E-state index contributed by atoms with van der Waals surface area (Å²) in [6, 6.07) is 12.4. The summed E-state index contributed by atoms with van der Waals surface area (Å²) in [4.78, 5) is 45.5. The van der Waals surface area contributed by atoms with E-state index in [1.807, 2.05) is 11.8 Å². The molecular formula is C38H42N6O9S6. The van der Waals surface area contributed by atoms with Crippen molar-refractivity contribution in [3.05, 3.63) is 82.8 Å². The van der Waals surface area contributed by atoms with Crippen LogP contribution in [0.3, 0.4) is 0 Å². The molecule has 0 unspecified atom stereocenters. The molecule has 2 N–H and O–H groups in total. The van der Waals surface area contributed by atoms with E-state index in [9.17, 15) is 30.6 Å². The molecule has 2 aromatic carbocycles. The lowest BCUT2D eigenvalue weighted by atomic mass is 10.1. The normalized spacial score (nSPS) is 20.5. The van der Waals surface area contributed by atoms with Gasteiger partial charge in [0, 0.05) is 56.6 Å². The van der Waals surface area contributed by atoms with Gasteiger partial charge in [0.25, 0.3) is 11.8 Å². The van der Waals surface area contributed by atoms with Crippen LogP contribution >= 0.6 is 34.4 Å². The molecule has 2 saturated carbocycles. The van der Waals surface area contributed by atoms with E-state index in [0.717, 1.165) is 24.3 Å². The molecule has 2 aromatic heterocycles. The Labute approximate surface area is 357 Å². The maximum absolute atomic E-state index is 12.8. The number of hydrogen-bond acceptors (Lipinski definition) is 16. The number of sulfone groups is 2. The first-order chi connectivity index (χ1) is 28.5. The zero-order chi connectivity index (χ0) is 41.4. The SMILES string of the molecule is O=C(Nc1nccs1)/C(=N/OC1CCS(=O)CC1)c1ccc(S(=O)(=O)C2CC2)cc1.O=C(Nc1nccs1)/C(=N/OC1CCSCC1)c1ccc(S(=O)(=O)C2CC2)cc1. The third-order valence-electron chi connectivity index (χ3n) is 9.66. The summed E-state index contributed by atoms with van der Waals surface area (Å²) in [5.41, 5.74) is 1.08. The monoisotopic (exact) mass is 918 g/mol. The number of nitrogens with one attached hydrogen (secondary N) is 2. The number of thiazole rings is 2. The number of amides is 2. The van der Waals surface area contributed by atoms with E-state index in [1.54, 1.807) is 47.4 Å². The van der Waals surface area contributed by atoms with Gasteiger partial charge in [-0.2, -0.15) is 11.8 Å². The van der Waals surface area contributed by atoms with Crippen LogP contribution in [0.5, 0.6) is 0 Å². The van der Waals surface area contributed by atoms with Gasteiger partial charge in [-0.3, -0.25) is 24.4 Å². The largest absolute Gasteiger partial charge is 0.392 e. The molecule has 0 radical (unpaired) electrons. The molecule has 0 atom stereocenters. The smallest absolute Gasteiger partial charge is 0.280 e. The number of carbonyl (C=O) groups is 2. The molecule has 0 spiro atoms. The van der Waals surface area contributed by atoms with Crippen molar-refractivity contribution in [2.75, 3.05) is 33.6 Å². The van der Waals surface area contributed by atoms with E-state index in [1.165, 1.54) is 46.9 Å². The molecule has 4 aliphatic rings. The van der Waals surface area contributed by atoms with Gasteiger partial charge in [-0.15, -0.1) is 22.7 Å². The average Bonchev–Trinajstić information content (AvgIpc) is 4.18. The van der Waals surface area contributed by atoms with Gasteiger partial charge in [-0.1, -0.05) is 34.6 Å². The molecule has 2 saturated heterocycles. The van der Waals surface area contributed by atoms with Gasteiger partial charge in [0.2, 0.25) is 0 Å². The van der Waals surface area contributed by atoms with E-state index < -0.39 is 42.3 Å². The van der Waals surface area contributed by atoms with Crippen molar-refractivity contribution in [2.24, 2.45) is 10.3 Å². The fourth-order valence-electron chi connectivity index (χ4n) is 5.99. The third kappa shape index (κ3) is 11.6. The van der Waals surface area contributed by atoms with E-state index >= 15 is 0 Å². The van der Waals surface area contributed by atoms with Crippen molar-refractivity contribution in [1.82, 2.24) is 9.97 Å². The molecule has 15 nitrogen and oxygen atoms in total. The summed E-state index contributed by atoms with van der Waals surface area (Å²) in [6.45, 7) is 0. The first-order valence-electron chi connectivity index (χ1n) is 19.0. The highest BCUT2D eigenvalue weighted by atomic mass is 32.2. The topological polar surface area (TPSA) is 213 Å². The van der Waals surface area contributed by atoms with Gasteiger partial charge < -0.3 is 9.68 Å². The molecule has 59 heavy (non-hydrogen) atoms. The quantitative estimate of drug-likeness (QED) is 0.116. The number of nitrogens with zero attached hydrogens (tertiary/aromatic N) is 4. The van der Waals surface area contributed by atoms with Crippen LogP contribution < -0.4 is 10.6 Å². The number of thioether (sulfide) groups is 1. The van der Waals surface area contributed by atoms with Crippen LogP contribution in [0.15, 0.2) is 91.8 Å². The number of anilines is 2. The standard InChI is InChI=1S/C19H21N3O5S3.C19H21N3O4S3/c23-18(21-19-20-9-10-28-19)17(22-27-14-7-11-29(24)12-8-14)13-1-3-15(4-2-13)30(25,26)16-5-6-16;23-18(21-19-20-9-12-28-19)17(22-26-14-7-10-27-11-8-14)13-1-3-15(4-2-13)29(24,25)16-5-6-16/h1-4,9-10,14,16H,5-8,11-12H2,(H,20,21,23);1-4,9,12,14,16H,5-8,10-11H2,(H,20,21,23)/b2*22-17+. The Hall–Kier alpha value is -4.02. The number of benzene rings is 2. The predicted molar refractivity (Wildman–Crippen MR) is 231 cm³/mol. The molecule has 4 heterocycles. The minimum Gasteiger partial charge on any atom is -0.392 e. The fourth-order valence-corrected chi connectivity index (χ4v) is 12.7. The number of carbonyl (C=O) groups excluding carboxylic acids is 2. The molecule has 21 heteroatoms. The highest BCUT2D eigenvalue weighted by Gasteiger charge is 2.38. The van der Waals surface area contributed by atoms with Crippen molar-refractivity contribution in [1.29, 1.82) is 0 Å². The zero-order valence-corrected chi connectivity index (χ0v) is 36.5. The molecule has 2 amide bonds. The van der Waals surface area contributed by atoms with Crippen molar-refractivity contribution in [2.45, 2.75) is 83.9 Å². The van der Waals surface area contributed by atoms with Gasteiger partial charge in [0.15, 0.2) is 41.4 Å². The Morgan fingerprint density at radius 1 is 0.627 bits per heavy atom. The highest BCUT2D eigenvalue weighted by molar-refractivity contribution is 7.99. The molecule has 2 aliphatic carbocycles. The van der Waals surface area contributed by atoms with E-state index in [2.05, 4.69) is 30.9 Å². The van der Waals surface area contributed by atoms with Gasteiger partial charge in [-0.25, -0.2) is 26.8 Å². The first-order valence-corrected chi connectivity index (χ1v) is 26.5. The Balaban J connectivity index is 0.000000179. The zero-order valence-electron chi connectivity index (χ0n) is 31.6. The lowest BCUT2D eigenvalue weighted by molar-refractivity contribution is -0.111. The van der Waals surface area contributed by atoms with Crippen LogP contribution in [0.2, 0.25) is 0 Å². The van der Waals surface area contributed by atoms with Crippen LogP contribution in [0.4, 0.5) is 10.3 Å². The van der Waals surface area contributed by atoms with Gasteiger partial charge in [0.1, 0.15) is 12.2 Å². The second-order valence-electron chi connectivity index (χ2n) is 14.1. The van der Waals surface area contributed by atoms with Crippen molar-refractivity contribution in [3.63, 3.8) is 0 Å². The summed E-state index contributed by atoms with van der Waals surface area (Å²) in [5, 5.41) is 17.5. The molecule has 314 valence electrons. The van der Waals surface area contributed by atoms with Crippen molar-refractivity contribution >= 4 is 98.4 Å². The number of aromatic nitrogens is 2. The summed E-state index contributed by atoms with van der Waals surface area (Å²) >= 11 is 4.46. The predicted octanol–water partition coefficient (Wildman–Crippen LogP) is 5.68. The Morgan fingerprint density at radius 2 is 1.03 bits per heavy atom. The van der Waals surface area contributed by atoms with Crippen LogP contribution in [0.25, 0.3) is 0 Å². The molecule has 4 aromatic rings. The first kappa shape index (κ1) is 43.1. The lowest BCUT2D eigenvalue weighted by Crippen LogP contribution is -2.27. The molecule has 4 fully saturated rings. The van der Waals surface area contributed by atoms with Crippen LogP contribution in [-0.4, -0.2) is 100.0 Å². The third-order valence-corrected chi connectivity index (χ3v) is 18.0. The summed E-state index contributed by atoms with van der Waals surface area (Å²) in [6.07, 6.45) is 8.72. The summed E-state index contributed by atoms with van der Waals surface area (Å²) < 4.78 is 61.2. The maximum Gasteiger partial charge on any atom is 0.280 e. The fraction of sp³-hybridized carbons (Fsp3) is 0.421.